The summed E-state index contributed by atoms with van der Waals surface area (Å²) in [6.07, 6.45) is 2.07. The second kappa shape index (κ2) is 10.2. The first kappa shape index (κ1) is 20.4. The van der Waals surface area contributed by atoms with Gasteiger partial charge in [-0.2, -0.15) is 5.11 Å². The standard InChI is InChI=1S/C23H28N4S/c1-4-27(5-2)17-16-24-22-14-15-23(21-9-7-6-8-20(21)22)26-25-18-10-12-19(28-3)13-11-18/h6-15,24H,4-5,16-17H2,1-3H3. The molecule has 0 radical (unpaired) electrons. The van der Waals surface area contributed by atoms with E-state index in [4.69, 9.17) is 0 Å². The van der Waals surface area contributed by atoms with Crippen molar-refractivity contribution in [1.82, 2.24) is 4.90 Å². The summed E-state index contributed by atoms with van der Waals surface area (Å²) in [5.74, 6) is 0. The number of azo groups is 1. The molecule has 0 saturated heterocycles. The van der Waals surface area contributed by atoms with E-state index in [1.807, 2.05) is 24.3 Å². The van der Waals surface area contributed by atoms with Crippen molar-refractivity contribution in [3.8, 4) is 0 Å². The lowest BCUT2D eigenvalue weighted by molar-refractivity contribution is 0.316. The molecule has 0 amide bonds. The summed E-state index contributed by atoms with van der Waals surface area (Å²) in [5.41, 5.74) is 2.90. The van der Waals surface area contributed by atoms with Gasteiger partial charge in [0, 0.05) is 34.4 Å². The van der Waals surface area contributed by atoms with Crippen LogP contribution in [0.4, 0.5) is 17.1 Å². The van der Waals surface area contributed by atoms with Crippen LogP contribution in [0.5, 0.6) is 0 Å². The van der Waals surface area contributed by atoms with Gasteiger partial charge in [0.1, 0.15) is 0 Å². The molecule has 0 atom stereocenters. The van der Waals surface area contributed by atoms with Crippen molar-refractivity contribution in [3.05, 3.63) is 60.7 Å². The second-order valence-corrected chi connectivity index (χ2v) is 7.41. The summed E-state index contributed by atoms with van der Waals surface area (Å²) < 4.78 is 0. The number of fused-ring (bicyclic) bond motifs is 1. The molecule has 0 aliphatic heterocycles. The lowest BCUT2D eigenvalue weighted by atomic mass is 10.1. The van der Waals surface area contributed by atoms with Crippen LogP contribution in [0.1, 0.15) is 13.8 Å². The first-order valence-electron chi connectivity index (χ1n) is 9.79. The number of benzene rings is 3. The molecule has 0 fully saturated rings. The summed E-state index contributed by atoms with van der Waals surface area (Å²) in [4.78, 5) is 3.64. The van der Waals surface area contributed by atoms with Crippen LogP contribution in [0.3, 0.4) is 0 Å². The molecule has 0 saturated carbocycles. The third-order valence-electron chi connectivity index (χ3n) is 4.88. The molecule has 28 heavy (non-hydrogen) atoms. The molecule has 3 aromatic carbocycles. The molecule has 0 unspecified atom stereocenters. The smallest absolute Gasteiger partial charge is 0.0936 e. The van der Waals surface area contributed by atoms with Gasteiger partial charge in [-0.1, -0.05) is 38.1 Å². The molecule has 1 N–H and O–H groups in total. The maximum atomic E-state index is 4.52. The molecule has 5 heteroatoms. The minimum Gasteiger partial charge on any atom is -0.383 e. The van der Waals surface area contributed by atoms with Crippen LogP contribution in [-0.4, -0.2) is 37.3 Å². The van der Waals surface area contributed by atoms with Gasteiger partial charge in [-0.25, -0.2) is 0 Å². The van der Waals surface area contributed by atoms with E-state index in [-0.39, 0.29) is 0 Å². The van der Waals surface area contributed by atoms with Crippen molar-refractivity contribution in [1.29, 1.82) is 0 Å². The van der Waals surface area contributed by atoms with Gasteiger partial charge < -0.3 is 10.2 Å². The highest BCUT2D eigenvalue weighted by atomic mass is 32.2. The minimum atomic E-state index is 0.864. The lowest BCUT2D eigenvalue weighted by Crippen LogP contribution is -2.28. The monoisotopic (exact) mass is 392 g/mol. The van der Waals surface area contributed by atoms with Gasteiger partial charge in [0.05, 0.1) is 11.4 Å². The number of likely N-dealkylation sites (N-methyl/N-ethyl adjacent to an activating group) is 1. The summed E-state index contributed by atoms with van der Waals surface area (Å²) in [5, 5.41) is 14.8. The first-order valence-corrected chi connectivity index (χ1v) is 11.0. The van der Waals surface area contributed by atoms with Crippen LogP contribution in [0.25, 0.3) is 10.8 Å². The fourth-order valence-corrected chi connectivity index (χ4v) is 3.58. The Balaban J connectivity index is 1.79. The van der Waals surface area contributed by atoms with E-state index in [1.54, 1.807) is 11.8 Å². The van der Waals surface area contributed by atoms with Crippen LogP contribution >= 0.6 is 11.8 Å². The Kier molecular flexibility index (Phi) is 7.46. The molecular weight excluding hydrogens is 364 g/mol. The number of hydrogen-bond acceptors (Lipinski definition) is 5. The van der Waals surface area contributed by atoms with Crippen LogP contribution in [-0.2, 0) is 0 Å². The van der Waals surface area contributed by atoms with Gasteiger partial charge >= 0.3 is 0 Å². The third-order valence-corrected chi connectivity index (χ3v) is 5.63. The third kappa shape index (κ3) is 5.12. The lowest BCUT2D eigenvalue weighted by Gasteiger charge is -2.19. The quantitative estimate of drug-likeness (QED) is 0.324. The number of thioether (sulfide) groups is 1. The normalized spacial score (nSPS) is 11.6. The number of nitrogens with one attached hydrogen (secondary N) is 1. The Morgan fingerprint density at radius 3 is 2.25 bits per heavy atom. The zero-order valence-corrected chi connectivity index (χ0v) is 17.7. The van der Waals surface area contributed by atoms with E-state index >= 15 is 0 Å². The highest BCUT2D eigenvalue weighted by molar-refractivity contribution is 7.98. The van der Waals surface area contributed by atoms with Crippen molar-refractivity contribution in [3.63, 3.8) is 0 Å². The Morgan fingerprint density at radius 2 is 1.57 bits per heavy atom. The number of nitrogens with zero attached hydrogens (tertiary/aromatic N) is 3. The molecule has 0 aliphatic rings. The molecule has 0 aliphatic carbocycles. The van der Waals surface area contributed by atoms with Crippen LogP contribution in [0.15, 0.2) is 75.8 Å². The van der Waals surface area contributed by atoms with Crippen molar-refractivity contribution >= 4 is 39.6 Å². The Morgan fingerprint density at radius 1 is 0.857 bits per heavy atom. The van der Waals surface area contributed by atoms with Crippen molar-refractivity contribution in [2.24, 2.45) is 10.2 Å². The van der Waals surface area contributed by atoms with E-state index in [0.29, 0.717) is 0 Å². The van der Waals surface area contributed by atoms with E-state index in [1.165, 1.54) is 10.3 Å². The fraction of sp³-hybridized carbons (Fsp3) is 0.304. The van der Waals surface area contributed by atoms with Crippen molar-refractivity contribution in [2.75, 3.05) is 37.8 Å². The molecule has 0 bridgehead atoms. The van der Waals surface area contributed by atoms with Gasteiger partial charge in [0.2, 0.25) is 0 Å². The van der Waals surface area contributed by atoms with Crippen LogP contribution < -0.4 is 5.32 Å². The Labute approximate surface area is 172 Å². The zero-order valence-electron chi connectivity index (χ0n) is 16.9. The zero-order chi connectivity index (χ0) is 19.8. The summed E-state index contributed by atoms with van der Waals surface area (Å²) in [6, 6.07) is 20.7. The molecule has 146 valence electrons. The summed E-state index contributed by atoms with van der Waals surface area (Å²) >= 11 is 1.72. The van der Waals surface area contributed by atoms with E-state index < -0.39 is 0 Å². The predicted octanol–water partition coefficient (Wildman–Crippen LogP) is 6.73. The number of hydrogen-bond donors (Lipinski definition) is 1. The average molecular weight is 393 g/mol. The predicted molar refractivity (Wildman–Crippen MR) is 123 cm³/mol. The van der Waals surface area contributed by atoms with Gasteiger partial charge in [0.25, 0.3) is 0 Å². The van der Waals surface area contributed by atoms with Crippen LogP contribution in [0.2, 0.25) is 0 Å². The van der Waals surface area contributed by atoms with Crippen molar-refractivity contribution < 1.29 is 0 Å². The van der Waals surface area contributed by atoms with E-state index in [2.05, 4.69) is 76.9 Å². The maximum absolute atomic E-state index is 4.52. The number of rotatable bonds is 9. The molecule has 4 nitrogen and oxygen atoms in total. The van der Waals surface area contributed by atoms with Crippen LogP contribution in [0, 0.1) is 0 Å². The number of anilines is 1. The molecule has 0 aromatic heterocycles. The van der Waals surface area contributed by atoms with Gasteiger partial charge in [-0.3, -0.25) is 0 Å². The highest BCUT2D eigenvalue weighted by Gasteiger charge is 2.06. The maximum Gasteiger partial charge on any atom is 0.0936 e. The summed E-state index contributed by atoms with van der Waals surface area (Å²) in [6.45, 7) is 8.52. The molecule has 3 rings (SSSR count). The summed E-state index contributed by atoms with van der Waals surface area (Å²) in [7, 11) is 0. The van der Waals surface area contributed by atoms with Crippen molar-refractivity contribution in [2.45, 2.75) is 18.7 Å². The minimum absolute atomic E-state index is 0.864. The average Bonchev–Trinajstić information content (AvgIpc) is 2.76. The van der Waals surface area contributed by atoms with Gasteiger partial charge in [-0.15, -0.1) is 16.9 Å². The fourth-order valence-electron chi connectivity index (χ4n) is 3.17. The van der Waals surface area contributed by atoms with E-state index in [0.717, 1.165) is 48.6 Å². The Hall–Kier alpha value is -2.37. The molecular formula is C23H28N4S. The largest absolute Gasteiger partial charge is 0.383 e. The first-order chi connectivity index (χ1) is 13.7. The molecule has 3 aromatic rings. The Bertz CT molecular complexity index is 918. The molecule has 0 heterocycles. The topological polar surface area (TPSA) is 40.0 Å². The second-order valence-electron chi connectivity index (χ2n) is 6.53. The van der Waals surface area contributed by atoms with E-state index in [9.17, 15) is 0 Å². The molecule has 0 spiro atoms. The van der Waals surface area contributed by atoms with Gasteiger partial charge in [-0.05, 0) is 55.7 Å². The van der Waals surface area contributed by atoms with Gasteiger partial charge in [0.15, 0.2) is 0 Å². The highest BCUT2D eigenvalue weighted by Crippen LogP contribution is 2.33. The SMILES string of the molecule is CCN(CC)CCNc1ccc(N=Nc2ccc(SC)cc2)c2ccccc12.